The van der Waals surface area contributed by atoms with E-state index in [0.29, 0.717) is 5.92 Å². The first-order valence-electron chi connectivity index (χ1n) is 9.21. The summed E-state index contributed by atoms with van der Waals surface area (Å²) in [6.45, 7) is 2.25. The summed E-state index contributed by atoms with van der Waals surface area (Å²) in [5, 5.41) is 0. The van der Waals surface area contributed by atoms with Crippen LogP contribution in [-0.2, 0) is 0 Å². The second-order valence-electron chi connectivity index (χ2n) is 7.02. The van der Waals surface area contributed by atoms with Gasteiger partial charge in [0.15, 0.2) is 0 Å². The Morgan fingerprint density at radius 2 is 1.83 bits per heavy atom. The molecule has 0 unspecified atom stereocenters. The van der Waals surface area contributed by atoms with Gasteiger partial charge in [0.2, 0.25) is 0 Å². The van der Waals surface area contributed by atoms with Crippen LogP contribution in [0.2, 0.25) is 0 Å². The summed E-state index contributed by atoms with van der Waals surface area (Å²) in [6.07, 6.45) is 12.9. The molecule has 0 heterocycles. The number of benzene rings is 1. The maximum Gasteiger partial charge on any atom is 0.251 e. The van der Waals surface area contributed by atoms with E-state index in [4.69, 9.17) is 5.73 Å². The fourth-order valence-corrected chi connectivity index (χ4v) is 3.81. The van der Waals surface area contributed by atoms with Gasteiger partial charge in [0.1, 0.15) is 5.82 Å². The van der Waals surface area contributed by atoms with Gasteiger partial charge in [0.25, 0.3) is 5.91 Å². The topological polar surface area (TPSA) is 43.1 Å². The number of primary amides is 1. The van der Waals surface area contributed by atoms with Crippen molar-refractivity contribution in [1.82, 2.24) is 0 Å². The summed E-state index contributed by atoms with van der Waals surface area (Å²) >= 11 is 0. The lowest BCUT2D eigenvalue weighted by Gasteiger charge is -2.29. The van der Waals surface area contributed by atoms with E-state index in [2.05, 4.69) is 6.92 Å². The number of rotatable bonds is 8. The van der Waals surface area contributed by atoms with Crippen LogP contribution in [0.25, 0.3) is 0 Å². The summed E-state index contributed by atoms with van der Waals surface area (Å²) in [5.41, 5.74) is 6.18. The largest absolute Gasteiger partial charge is 0.366 e. The number of nitrogens with two attached hydrogens (primary N) is 1. The van der Waals surface area contributed by atoms with Crippen LogP contribution in [0.15, 0.2) is 18.2 Å². The smallest absolute Gasteiger partial charge is 0.251 e. The van der Waals surface area contributed by atoms with Gasteiger partial charge in [-0.2, -0.15) is 0 Å². The highest BCUT2D eigenvalue weighted by Crippen LogP contribution is 2.38. The molecule has 0 radical (unpaired) electrons. The van der Waals surface area contributed by atoms with Gasteiger partial charge in [0.05, 0.1) is 5.56 Å². The van der Waals surface area contributed by atoms with E-state index in [1.54, 1.807) is 0 Å². The molecule has 0 aromatic heterocycles. The first kappa shape index (κ1) is 18.0. The van der Waals surface area contributed by atoms with E-state index in [1.807, 2.05) is 6.07 Å². The average molecular weight is 319 g/mol. The number of halogens is 1. The first-order valence-corrected chi connectivity index (χ1v) is 9.21. The molecule has 1 aliphatic carbocycles. The van der Waals surface area contributed by atoms with Crippen LogP contribution in [-0.4, -0.2) is 5.91 Å². The van der Waals surface area contributed by atoms with Crippen molar-refractivity contribution < 1.29 is 9.18 Å². The molecule has 1 aromatic carbocycles. The third-order valence-corrected chi connectivity index (χ3v) is 5.29. The molecule has 0 atom stereocenters. The highest BCUT2D eigenvalue weighted by molar-refractivity contribution is 5.93. The molecule has 1 aliphatic rings. The number of hydrogen-bond acceptors (Lipinski definition) is 1. The van der Waals surface area contributed by atoms with Crippen LogP contribution in [0, 0.1) is 11.7 Å². The number of hydrogen-bond donors (Lipinski definition) is 1. The normalized spacial score (nSPS) is 21.3. The molecule has 23 heavy (non-hydrogen) atoms. The second kappa shape index (κ2) is 9.05. The number of carbonyl (C=O) groups is 1. The standard InChI is InChI=1S/C20H30FNO/c1-2-3-4-5-6-7-15-8-10-16(11-9-15)17-12-13-18(20(22)23)19(21)14-17/h12-16H,2-11H2,1H3,(H2,22,23)/t15-,16-. The van der Waals surface area contributed by atoms with Gasteiger partial charge in [-0.25, -0.2) is 4.39 Å². The Labute approximate surface area is 139 Å². The molecule has 1 fully saturated rings. The van der Waals surface area contributed by atoms with Gasteiger partial charge >= 0.3 is 0 Å². The highest BCUT2D eigenvalue weighted by Gasteiger charge is 2.23. The van der Waals surface area contributed by atoms with Gasteiger partial charge < -0.3 is 5.73 Å². The lowest BCUT2D eigenvalue weighted by Crippen LogP contribution is -2.16. The molecule has 2 nitrogen and oxygen atoms in total. The molecule has 0 aliphatic heterocycles. The Morgan fingerprint density at radius 1 is 1.13 bits per heavy atom. The van der Waals surface area contributed by atoms with E-state index >= 15 is 0 Å². The Hall–Kier alpha value is -1.38. The summed E-state index contributed by atoms with van der Waals surface area (Å²) in [5.74, 6) is 0.110. The monoisotopic (exact) mass is 319 g/mol. The van der Waals surface area contributed by atoms with Crippen LogP contribution in [0.4, 0.5) is 4.39 Å². The maximum absolute atomic E-state index is 13.9. The minimum Gasteiger partial charge on any atom is -0.366 e. The van der Waals surface area contributed by atoms with Crippen molar-refractivity contribution in [3.05, 3.63) is 35.1 Å². The van der Waals surface area contributed by atoms with Gasteiger partial charge in [-0.1, -0.05) is 51.5 Å². The van der Waals surface area contributed by atoms with Crippen LogP contribution in [0.3, 0.4) is 0 Å². The van der Waals surface area contributed by atoms with Crippen molar-refractivity contribution in [2.75, 3.05) is 0 Å². The number of amides is 1. The molecule has 128 valence electrons. The summed E-state index contributed by atoms with van der Waals surface area (Å²) in [6, 6.07) is 4.92. The minimum atomic E-state index is -0.694. The zero-order valence-corrected chi connectivity index (χ0v) is 14.3. The van der Waals surface area contributed by atoms with Gasteiger partial charge in [0, 0.05) is 0 Å². The number of unbranched alkanes of at least 4 members (excludes halogenated alkanes) is 4. The fourth-order valence-electron chi connectivity index (χ4n) is 3.81. The van der Waals surface area contributed by atoms with Gasteiger partial charge in [-0.05, 0) is 55.2 Å². The van der Waals surface area contributed by atoms with E-state index in [-0.39, 0.29) is 5.56 Å². The molecular weight excluding hydrogens is 289 g/mol. The Kier molecular flexibility index (Phi) is 7.07. The van der Waals surface area contributed by atoms with Crippen molar-refractivity contribution in [3.63, 3.8) is 0 Å². The summed E-state index contributed by atoms with van der Waals surface area (Å²) in [4.78, 5) is 11.1. The van der Waals surface area contributed by atoms with Crippen LogP contribution >= 0.6 is 0 Å². The van der Waals surface area contributed by atoms with E-state index in [1.165, 1.54) is 63.5 Å². The Balaban J connectivity index is 1.78. The SMILES string of the molecule is CCCCCCC[C@H]1CC[C@H](c2ccc(C(N)=O)c(F)c2)CC1. The zero-order chi connectivity index (χ0) is 16.7. The predicted octanol–water partition coefficient (Wildman–Crippen LogP) is 5.56. The molecule has 2 rings (SSSR count). The fraction of sp³-hybridized carbons (Fsp3) is 0.650. The summed E-state index contributed by atoms with van der Waals surface area (Å²) in [7, 11) is 0. The minimum absolute atomic E-state index is 0.00508. The van der Waals surface area contributed by atoms with Crippen molar-refractivity contribution in [1.29, 1.82) is 0 Å². The molecule has 1 saturated carbocycles. The van der Waals surface area contributed by atoms with E-state index in [9.17, 15) is 9.18 Å². The molecule has 0 spiro atoms. The Bertz CT molecular complexity index is 506. The lowest BCUT2D eigenvalue weighted by atomic mass is 9.77. The van der Waals surface area contributed by atoms with Gasteiger partial charge in [-0.3, -0.25) is 4.79 Å². The second-order valence-corrected chi connectivity index (χ2v) is 7.02. The number of carbonyl (C=O) groups excluding carboxylic acids is 1. The first-order chi connectivity index (χ1) is 11.1. The molecule has 0 bridgehead atoms. The van der Waals surface area contributed by atoms with E-state index in [0.717, 1.165) is 24.3 Å². The highest BCUT2D eigenvalue weighted by atomic mass is 19.1. The lowest BCUT2D eigenvalue weighted by molar-refractivity contribution is 0.0996. The predicted molar refractivity (Wildman–Crippen MR) is 93.0 cm³/mol. The van der Waals surface area contributed by atoms with Crippen LogP contribution in [0.5, 0.6) is 0 Å². The Morgan fingerprint density at radius 3 is 2.43 bits per heavy atom. The van der Waals surface area contributed by atoms with Crippen molar-refractivity contribution in [2.24, 2.45) is 11.7 Å². The molecule has 2 N–H and O–H groups in total. The summed E-state index contributed by atoms with van der Waals surface area (Å²) < 4.78 is 13.9. The third-order valence-electron chi connectivity index (χ3n) is 5.29. The van der Waals surface area contributed by atoms with Gasteiger partial charge in [-0.15, -0.1) is 0 Å². The quantitative estimate of drug-likeness (QED) is 0.626. The maximum atomic E-state index is 13.9. The average Bonchev–Trinajstić information content (AvgIpc) is 2.55. The molecular formula is C20H30FNO. The molecule has 1 aromatic rings. The molecule has 1 amide bonds. The molecule has 3 heteroatoms. The van der Waals surface area contributed by atoms with Crippen molar-refractivity contribution >= 4 is 5.91 Å². The van der Waals surface area contributed by atoms with Crippen LogP contribution in [0.1, 0.15) is 93.0 Å². The zero-order valence-electron chi connectivity index (χ0n) is 14.3. The van der Waals surface area contributed by atoms with E-state index < -0.39 is 11.7 Å². The third kappa shape index (κ3) is 5.33. The molecule has 0 saturated heterocycles. The van der Waals surface area contributed by atoms with Crippen molar-refractivity contribution in [2.45, 2.75) is 77.0 Å². The van der Waals surface area contributed by atoms with Crippen molar-refractivity contribution in [3.8, 4) is 0 Å². The van der Waals surface area contributed by atoms with Crippen LogP contribution < -0.4 is 5.73 Å².